The molecule has 1 saturated carbocycles. The van der Waals surface area contributed by atoms with E-state index >= 15 is 0 Å². The number of carbonyl (C=O) groups is 1. The Morgan fingerprint density at radius 3 is 2.31 bits per heavy atom. The zero-order valence-corrected chi connectivity index (χ0v) is 17.8. The number of ether oxygens (including phenoxy) is 3. The molecule has 0 radical (unpaired) electrons. The summed E-state index contributed by atoms with van der Waals surface area (Å²) in [6.07, 6.45) is -0.242. The molecule has 2 aromatic rings. The molecule has 1 saturated heterocycles. The van der Waals surface area contributed by atoms with Gasteiger partial charge in [0.1, 0.15) is 23.9 Å². The van der Waals surface area contributed by atoms with Crippen LogP contribution in [-0.2, 0) is 30.7 Å². The summed E-state index contributed by atoms with van der Waals surface area (Å²) in [7, 11) is -4.10. The lowest BCUT2D eigenvalue weighted by atomic mass is 9.98. The molecule has 3 N–H and O–H groups in total. The molecule has 1 amide bonds. The van der Waals surface area contributed by atoms with Crippen molar-refractivity contribution in [2.45, 2.75) is 41.9 Å². The summed E-state index contributed by atoms with van der Waals surface area (Å²) in [5.74, 6) is -0.714. The van der Waals surface area contributed by atoms with Gasteiger partial charge in [-0.15, -0.1) is 0 Å². The molecule has 172 valence electrons. The summed E-state index contributed by atoms with van der Waals surface area (Å²) in [4.78, 5) is 12.3. The van der Waals surface area contributed by atoms with Crippen LogP contribution in [0.25, 0.3) is 0 Å². The number of halogens is 1. The molecule has 2 fully saturated rings. The number of hydroxylamine groups is 1. The van der Waals surface area contributed by atoms with Gasteiger partial charge in [0, 0.05) is 19.3 Å². The molecule has 2 atom stereocenters. The van der Waals surface area contributed by atoms with E-state index in [1.54, 1.807) is 17.6 Å². The lowest BCUT2D eigenvalue weighted by Gasteiger charge is -2.28. The fourth-order valence-electron chi connectivity index (χ4n) is 3.97. The van der Waals surface area contributed by atoms with E-state index in [9.17, 15) is 17.6 Å². The Balaban J connectivity index is 1.40. The van der Waals surface area contributed by atoms with Gasteiger partial charge in [0.25, 0.3) is 5.91 Å². The van der Waals surface area contributed by atoms with E-state index in [1.165, 1.54) is 36.4 Å². The first-order chi connectivity index (χ1) is 15.3. The molecule has 11 heteroatoms. The van der Waals surface area contributed by atoms with Gasteiger partial charge >= 0.3 is 0 Å². The standard InChI is InChI=1S/C21H23FN2O7S/c22-15-3-1-14(2-4-15)9-10-29-16-5-7-17(8-6-16)32(27,28)24-21(20(25)23-26)11-18-19(12-21)31-13-30-18/h1-8,18-19,24,26H,9-13H2,(H,23,25). The van der Waals surface area contributed by atoms with Crippen molar-refractivity contribution < 1.29 is 37.0 Å². The van der Waals surface area contributed by atoms with Crippen molar-refractivity contribution in [1.82, 2.24) is 10.2 Å². The van der Waals surface area contributed by atoms with E-state index in [0.717, 1.165) is 5.56 Å². The van der Waals surface area contributed by atoms with E-state index in [2.05, 4.69) is 4.72 Å². The molecule has 1 heterocycles. The van der Waals surface area contributed by atoms with Crippen molar-refractivity contribution in [1.29, 1.82) is 0 Å². The molecule has 0 aromatic heterocycles. The Bertz CT molecular complexity index is 1050. The second kappa shape index (κ2) is 9.12. The lowest BCUT2D eigenvalue weighted by molar-refractivity contribution is -0.136. The number of fused-ring (bicyclic) bond motifs is 1. The third kappa shape index (κ3) is 4.76. The maximum Gasteiger partial charge on any atom is 0.264 e. The lowest BCUT2D eigenvalue weighted by Crippen LogP contribution is -2.57. The van der Waals surface area contributed by atoms with Gasteiger partial charge in [-0.05, 0) is 42.0 Å². The Hall–Kier alpha value is -2.57. The first kappa shape index (κ1) is 22.6. The molecule has 9 nitrogen and oxygen atoms in total. The molecular weight excluding hydrogens is 443 g/mol. The largest absolute Gasteiger partial charge is 0.493 e. The Morgan fingerprint density at radius 2 is 1.72 bits per heavy atom. The number of amides is 1. The van der Waals surface area contributed by atoms with Crippen LogP contribution < -0.4 is 14.9 Å². The zero-order valence-electron chi connectivity index (χ0n) is 17.0. The highest BCUT2D eigenvalue weighted by atomic mass is 32.2. The second-order valence-corrected chi connectivity index (χ2v) is 9.44. The van der Waals surface area contributed by atoms with Crippen molar-refractivity contribution in [3.8, 4) is 5.75 Å². The number of rotatable bonds is 8. The average molecular weight is 466 g/mol. The number of nitrogens with one attached hydrogen (secondary N) is 2. The highest BCUT2D eigenvalue weighted by Gasteiger charge is 2.55. The molecule has 2 unspecified atom stereocenters. The highest BCUT2D eigenvalue weighted by Crippen LogP contribution is 2.38. The minimum absolute atomic E-state index is 0.0356. The summed E-state index contributed by atoms with van der Waals surface area (Å²) in [6.45, 7) is 0.417. The minimum atomic E-state index is -4.10. The molecule has 0 bridgehead atoms. The average Bonchev–Trinajstić information content (AvgIpc) is 3.34. The summed E-state index contributed by atoms with van der Waals surface area (Å²) in [5, 5.41) is 9.15. The summed E-state index contributed by atoms with van der Waals surface area (Å²) >= 11 is 0. The van der Waals surface area contributed by atoms with Gasteiger partial charge in [0.2, 0.25) is 10.0 Å². The fourth-order valence-corrected chi connectivity index (χ4v) is 5.36. The SMILES string of the molecule is O=C(NO)C1(NS(=O)(=O)c2ccc(OCCc3ccc(F)cc3)cc2)CC2OCOC2C1. The molecule has 2 aliphatic rings. The number of carbonyl (C=O) groups excluding carboxylic acids is 1. The van der Waals surface area contributed by atoms with Crippen LogP contribution in [0.4, 0.5) is 4.39 Å². The number of hydrogen-bond acceptors (Lipinski definition) is 7. The van der Waals surface area contributed by atoms with Crippen LogP contribution in [0.1, 0.15) is 18.4 Å². The molecule has 32 heavy (non-hydrogen) atoms. The Labute approximate surface area is 184 Å². The monoisotopic (exact) mass is 466 g/mol. The van der Waals surface area contributed by atoms with Crippen LogP contribution in [0, 0.1) is 5.82 Å². The van der Waals surface area contributed by atoms with Crippen LogP contribution in [-0.4, -0.2) is 50.7 Å². The predicted octanol–water partition coefficient (Wildman–Crippen LogP) is 1.50. The van der Waals surface area contributed by atoms with Crippen LogP contribution in [0.15, 0.2) is 53.4 Å². The van der Waals surface area contributed by atoms with E-state index < -0.39 is 33.7 Å². The Kier molecular flexibility index (Phi) is 6.45. The summed E-state index contributed by atoms with van der Waals surface area (Å²) in [6, 6.07) is 11.8. The van der Waals surface area contributed by atoms with E-state index in [0.29, 0.717) is 18.8 Å². The fraction of sp³-hybridized carbons (Fsp3) is 0.381. The van der Waals surface area contributed by atoms with Gasteiger partial charge in [-0.3, -0.25) is 10.0 Å². The maximum absolute atomic E-state index is 13.0. The molecule has 1 aliphatic heterocycles. The zero-order chi connectivity index (χ0) is 22.8. The van der Waals surface area contributed by atoms with Gasteiger partial charge in [-0.1, -0.05) is 12.1 Å². The third-order valence-corrected chi connectivity index (χ3v) is 7.20. The van der Waals surface area contributed by atoms with E-state index in [1.807, 2.05) is 0 Å². The van der Waals surface area contributed by atoms with Gasteiger partial charge in [0.15, 0.2) is 0 Å². The van der Waals surface area contributed by atoms with Gasteiger partial charge in [0.05, 0.1) is 23.7 Å². The third-order valence-electron chi connectivity index (χ3n) is 5.65. The van der Waals surface area contributed by atoms with Crippen molar-refractivity contribution in [2.75, 3.05) is 13.4 Å². The summed E-state index contributed by atoms with van der Waals surface area (Å²) in [5.41, 5.74) is 0.866. The van der Waals surface area contributed by atoms with Crippen LogP contribution in [0.5, 0.6) is 5.75 Å². The van der Waals surface area contributed by atoms with Crippen molar-refractivity contribution in [2.24, 2.45) is 0 Å². The van der Waals surface area contributed by atoms with Crippen molar-refractivity contribution >= 4 is 15.9 Å². The van der Waals surface area contributed by atoms with E-state index in [-0.39, 0.29) is 30.3 Å². The van der Waals surface area contributed by atoms with Crippen molar-refractivity contribution in [3.63, 3.8) is 0 Å². The van der Waals surface area contributed by atoms with Crippen LogP contribution in [0.2, 0.25) is 0 Å². The minimum Gasteiger partial charge on any atom is -0.493 e. The summed E-state index contributed by atoms with van der Waals surface area (Å²) < 4.78 is 57.7. The van der Waals surface area contributed by atoms with Gasteiger partial charge in [-0.2, -0.15) is 4.72 Å². The first-order valence-electron chi connectivity index (χ1n) is 10.0. The number of benzene rings is 2. The first-order valence-corrected chi connectivity index (χ1v) is 11.5. The van der Waals surface area contributed by atoms with Crippen molar-refractivity contribution in [3.05, 3.63) is 59.9 Å². The highest BCUT2D eigenvalue weighted by molar-refractivity contribution is 7.89. The molecule has 0 spiro atoms. The van der Waals surface area contributed by atoms with Crippen LogP contribution in [0.3, 0.4) is 0 Å². The smallest absolute Gasteiger partial charge is 0.264 e. The molecular formula is C21H23FN2O7S. The molecule has 4 rings (SSSR count). The van der Waals surface area contributed by atoms with Gasteiger partial charge < -0.3 is 14.2 Å². The quantitative estimate of drug-likeness (QED) is 0.398. The van der Waals surface area contributed by atoms with Gasteiger partial charge in [-0.25, -0.2) is 18.3 Å². The van der Waals surface area contributed by atoms with E-state index in [4.69, 9.17) is 19.4 Å². The number of hydrogen-bond donors (Lipinski definition) is 3. The normalized spacial score (nSPS) is 24.8. The molecule has 2 aromatic carbocycles. The topological polar surface area (TPSA) is 123 Å². The number of sulfonamides is 1. The van der Waals surface area contributed by atoms with Crippen LogP contribution >= 0.6 is 0 Å². The predicted molar refractivity (Wildman–Crippen MR) is 109 cm³/mol. The maximum atomic E-state index is 13.0. The second-order valence-electron chi connectivity index (χ2n) is 7.76. The Morgan fingerprint density at radius 1 is 1.09 bits per heavy atom. The molecule has 1 aliphatic carbocycles.